The van der Waals surface area contributed by atoms with Crippen molar-refractivity contribution in [2.24, 2.45) is 0 Å². The van der Waals surface area contributed by atoms with Crippen LogP contribution in [0.4, 0.5) is 11.4 Å². The summed E-state index contributed by atoms with van der Waals surface area (Å²) in [7, 11) is -3.66. The van der Waals surface area contributed by atoms with E-state index in [1.54, 1.807) is 35.7 Å². The van der Waals surface area contributed by atoms with Crippen molar-refractivity contribution in [1.82, 2.24) is 4.72 Å². The first-order chi connectivity index (χ1) is 10.9. The molecule has 2 rings (SSSR count). The van der Waals surface area contributed by atoms with Gasteiger partial charge in [0.25, 0.3) is 10.0 Å². The molecule has 0 bridgehead atoms. The van der Waals surface area contributed by atoms with E-state index in [2.05, 4.69) is 15.4 Å². The van der Waals surface area contributed by atoms with Crippen LogP contribution in [0.15, 0.2) is 46.0 Å². The summed E-state index contributed by atoms with van der Waals surface area (Å²) < 4.78 is 26.1. The van der Waals surface area contributed by atoms with Crippen LogP contribution in [-0.4, -0.2) is 26.8 Å². The lowest BCUT2D eigenvalue weighted by Crippen LogP contribution is -2.32. The highest BCUT2D eigenvalue weighted by atomic mass is 32.2. The summed E-state index contributed by atoms with van der Waals surface area (Å²) in [4.78, 5) is 22.7. The Hall–Kier alpha value is -2.23. The summed E-state index contributed by atoms with van der Waals surface area (Å²) in [6.07, 6.45) is 0. The zero-order valence-electron chi connectivity index (χ0n) is 12.2. The number of hydrogen-bond donors (Lipinski definition) is 3. The van der Waals surface area contributed by atoms with Crippen molar-refractivity contribution in [3.8, 4) is 0 Å². The summed E-state index contributed by atoms with van der Waals surface area (Å²) in [5.74, 6) is -0.679. The van der Waals surface area contributed by atoms with Crippen molar-refractivity contribution in [3.63, 3.8) is 0 Å². The topological polar surface area (TPSA) is 104 Å². The lowest BCUT2D eigenvalue weighted by molar-refractivity contribution is -0.115. The highest BCUT2D eigenvalue weighted by Crippen LogP contribution is 2.15. The largest absolute Gasteiger partial charge is 0.326 e. The van der Waals surface area contributed by atoms with Gasteiger partial charge in [-0.05, 0) is 35.7 Å². The summed E-state index contributed by atoms with van der Waals surface area (Å²) in [6, 6.07) is 9.56. The Morgan fingerprint density at radius 2 is 1.65 bits per heavy atom. The number of amides is 2. The smallest absolute Gasteiger partial charge is 0.250 e. The highest BCUT2D eigenvalue weighted by molar-refractivity contribution is 7.91. The predicted octanol–water partition coefficient (Wildman–Crippen LogP) is 1.62. The minimum Gasteiger partial charge on any atom is -0.326 e. The summed E-state index contributed by atoms with van der Waals surface area (Å²) >= 11 is 1.08. The second-order valence-corrected chi connectivity index (χ2v) is 7.50. The zero-order valence-corrected chi connectivity index (χ0v) is 13.8. The quantitative estimate of drug-likeness (QED) is 0.734. The monoisotopic (exact) mass is 353 g/mol. The first-order valence-corrected chi connectivity index (χ1v) is 8.94. The van der Waals surface area contributed by atoms with E-state index in [1.807, 2.05) is 0 Å². The van der Waals surface area contributed by atoms with Gasteiger partial charge in [-0.1, -0.05) is 6.07 Å². The number of carbonyl (C=O) groups is 2. The van der Waals surface area contributed by atoms with Crippen molar-refractivity contribution in [3.05, 3.63) is 41.8 Å². The van der Waals surface area contributed by atoms with Gasteiger partial charge in [-0.15, -0.1) is 11.3 Å². The maximum Gasteiger partial charge on any atom is 0.250 e. The van der Waals surface area contributed by atoms with E-state index in [0.717, 1.165) is 11.3 Å². The Morgan fingerprint density at radius 3 is 2.17 bits per heavy atom. The average molecular weight is 353 g/mol. The van der Waals surface area contributed by atoms with Gasteiger partial charge in [0, 0.05) is 18.3 Å². The van der Waals surface area contributed by atoms with Gasteiger partial charge in [0.05, 0.1) is 6.54 Å². The molecule has 0 atom stereocenters. The summed E-state index contributed by atoms with van der Waals surface area (Å²) in [5.41, 5.74) is 1.10. The normalized spacial score (nSPS) is 11.0. The van der Waals surface area contributed by atoms with E-state index < -0.39 is 15.9 Å². The molecule has 3 N–H and O–H groups in total. The molecule has 0 spiro atoms. The van der Waals surface area contributed by atoms with Crippen molar-refractivity contribution in [1.29, 1.82) is 0 Å². The summed E-state index contributed by atoms with van der Waals surface area (Å²) in [6.45, 7) is 1.03. The number of nitrogens with one attached hydrogen (secondary N) is 3. The van der Waals surface area contributed by atoms with E-state index in [9.17, 15) is 18.0 Å². The van der Waals surface area contributed by atoms with Crippen LogP contribution >= 0.6 is 11.3 Å². The molecule has 0 aliphatic heterocycles. The minimum absolute atomic E-state index is 0.157. The molecule has 0 unspecified atom stereocenters. The van der Waals surface area contributed by atoms with Crippen LogP contribution in [0.3, 0.4) is 0 Å². The van der Waals surface area contributed by atoms with Gasteiger partial charge in [0.1, 0.15) is 4.21 Å². The van der Waals surface area contributed by atoms with Crippen molar-refractivity contribution < 1.29 is 18.0 Å². The van der Waals surface area contributed by atoms with Crippen LogP contribution in [0, 0.1) is 0 Å². The van der Waals surface area contributed by atoms with Crippen LogP contribution in [0.1, 0.15) is 6.92 Å². The van der Waals surface area contributed by atoms with E-state index >= 15 is 0 Å². The number of anilines is 2. The first kappa shape index (κ1) is 17.1. The van der Waals surface area contributed by atoms with Crippen LogP contribution < -0.4 is 15.4 Å². The fraction of sp³-hybridized carbons (Fsp3) is 0.143. The molecule has 7 nitrogen and oxygen atoms in total. The highest BCUT2D eigenvalue weighted by Gasteiger charge is 2.16. The third-order valence-corrected chi connectivity index (χ3v) is 5.47. The number of sulfonamides is 1. The van der Waals surface area contributed by atoms with Gasteiger partial charge in [-0.3, -0.25) is 9.59 Å². The molecule has 0 saturated heterocycles. The molecule has 122 valence electrons. The van der Waals surface area contributed by atoms with Crippen LogP contribution in [0.5, 0.6) is 0 Å². The molecule has 9 heteroatoms. The van der Waals surface area contributed by atoms with Crippen LogP contribution in [-0.2, 0) is 19.6 Å². The van der Waals surface area contributed by atoms with Gasteiger partial charge in [0.2, 0.25) is 11.8 Å². The zero-order chi connectivity index (χ0) is 16.9. The van der Waals surface area contributed by atoms with Crippen molar-refractivity contribution in [2.75, 3.05) is 17.2 Å². The Balaban J connectivity index is 1.89. The molecule has 1 aromatic heterocycles. The molecular weight excluding hydrogens is 338 g/mol. The van der Waals surface area contributed by atoms with E-state index in [0.29, 0.717) is 11.4 Å². The molecule has 1 aromatic carbocycles. The lowest BCUT2D eigenvalue weighted by atomic mass is 10.2. The van der Waals surface area contributed by atoms with Gasteiger partial charge < -0.3 is 10.6 Å². The number of thiophene rings is 1. The molecular formula is C14H15N3O4S2. The lowest BCUT2D eigenvalue weighted by Gasteiger charge is -2.08. The Labute approximate surface area is 137 Å². The molecule has 23 heavy (non-hydrogen) atoms. The number of carbonyl (C=O) groups excluding carboxylic acids is 2. The van der Waals surface area contributed by atoms with Gasteiger partial charge in [0.15, 0.2) is 0 Å². The molecule has 0 fully saturated rings. The first-order valence-electron chi connectivity index (χ1n) is 6.57. The van der Waals surface area contributed by atoms with Crippen LogP contribution in [0.2, 0.25) is 0 Å². The van der Waals surface area contributed by atoms with Crippen molar-refractivity contribution in [2.45, 2.75) is 11.1 Å². The summed E-state index contributed by atoms with van der Waals surface area (Å²) in [5, 5.41) is 6.81. The Morgan fingerprint density at radius 1 is 1.04 bits per heavy atom. The molecule has 0 radical (unpaired) electrons. The average Bonchev–Trinajstić information content (AvgIpc) is 3.02. The van der Waals surface area contributed by atoms with E-state index in [4.69, 9.17) is 0 Å². The van der Waals surface area contributed by atoms with Gasteiger partial charge in [-0.2, -0.15) is 0 Å². The molecule has 2 aromatic rings. The maximum atomic E-state index is 11.9. The van der Waals surface area contributed by atoms with Gasteiger partial charge in [-0.25, -0.2) is 13.1 Å². The maximum absolute atomic E-state index is 11.9. The molecule has 2 amide bonds. The number of benzene rings is 1. The second kappa shape index (κ2) is 7.36. The fourth-order valence-electron chi connectivity index (χ4n) is 1.69. The van der Waals surface area contributed by atoms with Gasteiger partial charge >= 0.3 is 0 Å². The van der Waals surface area contributed by atoms with E-state index in [-0.39, 0.29) is 16.7 Å². The number of hydrogen-bond acceptors (Lipinski definition) is 5. The SMILES string of the molecule is CC(=O)Nc1ccc(NC(=O)CNS(=O)(=O)c2cccs2)cc1. The number of rotatable bonds is 6. The minimum atomic E-state index is -3.66. The van der Waals surface area contributed by atoms with Crippen molar-refractivity contribution >= 4 is 44.5 Å². The molecule has 1 heterocycles. The second-order valence-electron chi connectivity index (χ2n) is 4.56. The molecule has 0 aliphatic rings. The standard InChI is InChI=1S/C14H15N3O4S2/c1-10(18)16-11-4-6-12(7-5-11)17-13(19)9-15-23(20,21)14-3-2-8-22-14/h2-8,15H,9H2,1H3,(H,16,18)(H,17,19). The van der Waals surface area contributed by atoms with E-state index in [1.165, 1.54) is 13.0 Å². The Bertz CT molecular complexity index is 784. The third kappa shape index (κ3) is 5.16. The predicted molar refractivity (Wildman–Crippen MR) is 88.9 cm³/mol. The Kier molecular flexibility index (Phi) is 5.48. The fourth-order valence-corrected chi connectivity index (χ4v) is 3.71. The molecule has 0 aliphatic carbocycles. The molecule has 0 saturated carbocycles. The third-order valence-electron chi connectivity index (χ3n) is 2.67. The van der Waals surface area contributed by atoms with Crippen LogP contribution in [0.25, 0.3) is 0 Å².